The SMILES string of the molecule is CCCOc1cncc(C(N)CCOc2ccccc2)c1. The topological polar surface area (TPSA) is 57.4 Å². The van der Waals surface area contributed by atoms with Crippen LogP contribution in [-0.2, 0) is 0 Å². The molecule has 0 saturated carbocycles. The number of rotatable bonds is 8. The van der Waals surface area contributed by atoms with Crippen LogP contribution >= 0.6 is 0 Å². The van der Waals surface area contributed by atoms with Crippen molar-refractivity contribution in [3.05, 3.63) is 54.4 Å². The van der Waals surface area contributed by atoms with Crippen LogP contribution < -0.4 is 15.2 Å². The van der Waals surface area contributed by atoms with E-state index in [1.54, 1.807) is 12.4 Å². The maximum absolute atomic E-state index is 6.18. The standard InChI is InChI=1S/C17H22N2O2/c1-2-9-20-16-11-14(12-19-13-16)17(18)8-10-21-15-6-4-3-5-7-15/h3-7,11-13,17H,2,8-10,18H2,1H3. The van der Waals surface area contributed by atoms with Crippen molar-refractivity contribution in [2.24, 2.45) is 5.73 Å². The Morgan fingerprint density at radius 2 is 1.81 bits per heavy atom. The van der Waals surface area contributed by atoms with Gasteiger partial charge in [0.25, 0.3) is 0 Å². The number of pyridine rings is 1. The molecular weight excluding hydrogens is 264 g/mol. The monoisotopic (exact) mass is 286 g/mol. The van der Waals surface area contributed by atoms with Crippen LogP contribution in [0.3, 0.4) is 0 Å². The van der Waals surface area contributed by atoms with Crippen LogP contribution in [0.25, 0.3) is 0 Å². The van der Waals surface area contributed by atoms with Gasteiger partial charge in [-0.2, -0.15) is 0 Å². The zero-order valence-electron chi connectivity index (χ0n) is 12.4. The third-order valence-electron chi connectivity index (χ3n) is 3.08. The Bertz CT molecular complexity index is 531. The summed E-state index contributed by atoms with van der Waals surface area (Å²) in [4.78, 5) is 4.18. The van der Waals surface area contributed by atoms with Crippen molar-refractivity contribution in [1.29, 1.82) is 0 Å². The van der Waals surface area contributed by atoms with Gasteiger partial charge in [0.15, 0.2) is 0 Å². The molecule has 4 heteroatoms. The summed E-state index contributed by atoms with van der Waals surface area (Å²) >= 11 is 0. The lowest BCUT2D eigenvalue weighted by atomic mass is 10.1. The predicted molar refractivity (Wildman–Crippen MR) is 83.5 cm³/mol. The van der Waals surface area contributed by atoms with E-state index >= 15 is 0 Å². The lowest BCUT2D eigenvalue weighted by Gasteiger charge is -2.14. The molecule has 1 unspecified atom stereocenters. The van der Waals surface area contributed by atoms with E-state index in [9.17, 15) is 0 Å². The van der Waals surface area contributed by atoms with Crippen LogP contribution in [0.4, 0.5) is 0 Å². The van der Waals surface area contributed by atoms with Crippen LogP contribution in [0, 0.1) is 0 Å². The average molecular weight is 286 g/mol. The third-order valence-corrected chi connectivity index (χ3v) is 3.08. The molecule has 0 bridgehead atoms. The molecule has 2 aromatic rings. The van der Waals surface area contributed by atoms with E-state index in [-0.39, 0.29) is 6.04 Å². The third kappa shape index (κ3) is 5.08. The minimum atomic E-state index is -0.105. The van der Waals surface area contributed by atoms with Crippen LogP contribution in [0.1, 0.15) is 31.4 Å². The van der Waals surface area contributed by atoms with Gasteiger partial charge in [0.1, 0.15) is 11.5 Å². The van der Waals surface area contributed by atoms with Crippen molar-refractivity contribution >= 4 is 0 Å². The largest absolute Gasteiger partial charge is 0.494 e. The van der Waals surface area contributed by atoms with Gasteiger partial charge in [-0.25, -0.2) is 0 Å². The van der Waals surface area contributed by atoms with Crippen molar-refractivity contribution in [3.63, 3.8) is 0 Å². The van der Waals surface area contributed by atoms with Crippen molar-refractivity contribution in [2.45, 2.75) is 25.8 Å². The highest BCUT2D eigenvalue weighted by Gasteiger charge is 2.08. The molecule has 4 nitrogen and oxygen atoms in total. The molecule has 112 valence electrons. The Balaban J connectivity index is 1.83. The zero-order valence-corrected chi connectivity index (χ0v) is 12.4. The van der Waals surface area contributed by atoms with Crippen LogP contribution in [0.15, 0.2) is 48.8 Å². The maximum atomic E-state index is 6.18. The molecule has 0 aliphatic heterocycles. The van der Waals surface area contributed by atoms with Gasteiger partial charge in [0, 0.05) is 18.7 Å². The van der Waals surface area contributed by atoms with Gasteiger partial charge >= 0.3 is 0 Å². The first-order chi connectivity index (χ1) is 10.3. The molecule has 1 aromatic carbocycles. The minimum Gasteiger partial charge on any atom is -0.494 e. The second-order valence-corrected chi connectivity index (χ2v) is 4.86. The lowest BCUT2D eigenvalue weighted by Crippen LogP contribution is -2.14. The van der Waals surface area contributed by atoms with Crippen molar-refractivity contribution in [3.8, 4) is 11.5 Å². The van der Waals surface area contributed by atoms with Crippen molar-refractivity contribution in [1.82, 2.24) is 4.98 Å². The number of hydrogen-bond donors (Lipinski definition) is 1. The first-order valence-corrected chi connectivity index (χ1v) is 7.30. The van der Waals surface area contributed by atoms with E-state index in [1.807, 2.05) is 36.4 Å². The summed E-state index contributed by atoms with van der Waals surface area (Å²) in [6.07, 6.45) is 5.20. The normalized spacial score (nSPS) is 11.9. The van der Waals surface area contributed by atoms with E-state index in [2.05, 4.69) is 11.9 Å². The Labute approximate surface area is 125 Å². The fourth-order valence-electron chi connectivity index (χ4n) is 1.92. The van der Waals surface area contributed by atoms with E-state index < -0.39 is 0 Å². The summed E-state index contributed by atoms with van der Waals surface area (Å²) in [5.41, 5.74) is 7.15. The molecule has 1 heterocycles. The molecule has 0 saturated heterocycles. The summed E-state index contributed by atoms with van der Waals surface area (Å²) in [5.74, 6) is 1.64. The van der Waals surface area contributed by atoms with E-state index in [1.165, 1.54) is 0 Å². The maximum Gasteiger partial charge on any atom is 0.137 e. The summed E-state index contributed by atoms with van der Waals surface area (Å²) in [7, 11) is 0. The van der Waals surface area contributed by atoms with E-state index in [0.29, 0.717) is 13.2 Å². The molecule has 0 aliphatic rings. The number of aromatic nitrogens is 1. The number of nitrogens with zero attached hydrogens (tertiary/aromatic N) is 1. The van der Waals surface area contributed by atoms with Gasteiger partial charge in [-0.1, -0.05) is 25.1 Å². The Morgan fingerprint density at radius 1 is 1.05 bits per heavy atom. The highest BCUT2D eigenvalue weighted by atomic mass is 16.5. The molecular formula is C17H22N2O2. The van der Waals surface area contributed by atoms with Gasteiger partial charge in [-0.3, -0.25) is 4.98 Å². The second kappa shape index (κ2) is 8.27. The van der Waals surface area contributed by atoms with E-state index in [0.717, 1.165) is 29.9 Å². The first-order valence-electron chi connectivity index (χ1n) is 7.30. The van der Waals surface area contributed by atoms with Crippen LogP contribution in [-0.4, -0.2) is 18.2 Å². The van der Waals surface area contributed by atoms with Gasteiger partial charge < -0.3 is 15.2 Å². The molecule has 21 heavy (non-hydrogen) atoms. The fourth-order valence-corrected chi connectivity index (χ4v) is 1.92. The van der Waals surface area contributed by atoms with Gasteiger partial charge in [0.05, 0.1) is 19.4 Å². The molecule has 1 aromatic heterocycles. The Kier molecular flexibility index (Phi) is 6.03. The number of para-hydroxylation sites is 1. The quantitative estimate of drug-likeness (QED) is 0.808. The second-order valence-electron chi connectivity index (χ2n) is 4.86. The van der Waals surface area contributed by atoms with Gasteiger partial charge in [-0.05, 0) is 30.2 Å². The molecule has 1 atom stereocenters. The smallest absolute Gasteiger partial charge is 0.137 e. The molecule has 2 N–H and O–H groups in total. The lowest BCUT2D eigenvalue weighted by molar-refractivity contribution is 0.297. The van der Waals surface area contributed by atoms with E-state index in [4.69, 9.17) is 15.2 Å². The van der Waals surface area contributed by atoms with Crippen LogP contribution in [0.5, 0.6) is 11.5 Å². The van der Waals surface area contributed by atoms with Crippen molar-refractivity contribution < 1.29 is 9.47 Å². The summed E-state index contributed by atoms with van der Waals surface area (Å²) in [5, 5.41) is 0. The van der Waals surface area contributed by atoms with Crippen LogP contribution in [0.2, 0.25) is 0 Å². The summed E-state index contributed by atoms with van der Waals surface area (Å²) in [6, 6.07) is 11.6. The highest BCUT2D eigenvalue weighted by molar-refractivity contribution is 5.26. The number of hydrogen-bond acceptors (Lipinski definition) is 4. The summed E-state index contributed by atoms with van der Waals surface area (Å²) in [6.45, 7) is 3.34. The Hall–Kier alpha value is -2.07. The average Bonchev–Trinajstić information content (AvgIpc) is 2.54. The predicted octanol–water partition coefficient (Wildman–Crippen LogP) is 3.34. The van der Waals surface area contributed by atoms with Crippen molar-refractivity contribution in [2.75, 3.05) is 13.2 Å². The minimum absolute atomic E-state index is 0.105. The van der Waals surface area contributed by atoms with Gasteiger partial charge in [-0.15, -0.1) is 0 Å². The Morgan fingerprint density at radius 3 is 2.57 bits per heavy atom. The molecule has 2 rings (SSSR count). The highest BCUT2D eigenvalue weighted by Crippen LogP contribution is 2.19. The number of benzene rings is 1. The molecule has 0 radical (unpaired) electrons. The number of ether oxygens (including phenoxy) is 2. The molecule has 0 fully saturated rings. The molecule has 0 amide bonds. The summed E-state index contributed by atoms with van der Waals surface area (Å²) < 4.78 is 11.2. The number of nitrogens with two attached hydrogens (primary N) is 1. The van der Waals surface area contributed by atoms with Gasteiger partial charge in [0.2, 0.25) is 0 Å². The molecule has 0 spiro atoms. The first kappa shape index (κ1) is 15.3. The fraction of sp³-hybridized carbons (Fsp3) is 0.353. The zero-order chi connectivity index (χ0) is 14.9. The molecule has 0 aliphatic carbocycles.